The molecule has 2 aromatic carbocycles. The van der Waals surface area contributed by atoms with Crippen molar-refractivity contribution < 1.29 is 23.9 Å². The van der Waals surface area contributed by atoms with Gasteiger partial charge in [0, 0.05) is 11.5 Å². The van der Waals surface area contributed by atoms with Gasteiger partial charge in [-0.2, -0.15) is 0 Å². The molecule has 0 amide bonds. The number of hydrogen-bond donors (Lipinski definition) is 0. The molecule has 2 aromatic rings. The lowest BCUT2D eigenvalue weighted by atomic mass is 9.81. The lowest BCUT2D eigenvalue weighted by Gasteiger charge is -2.28. The highest BCUT2D eigenvalue weighted by Crippen LogP contribution is 2.80. The Morgan fingerprint density at radius 3 is 2.13 bits per heavy atom. The number of rotatable bonds is 6. The van der Waals surface area contributed by atoms with Crippen LogP contribution in [0, 0.1) is 16.7 Å². The third-order valence-electron chi connectivity index (χ3n) is 6.73. The van der Waals surface area contributed by atoms with E-state index in [2.05, 4.69) is 0 Å². The normalized spacial score (nSPS) is 28.4. The Kier molecular flexibility index (Phi) is 4.60. The predicted octanol–water partition coefficient (Wildman–Crippen LogP) is 4.45. The summed E-state index contributed by atoms with van der Waals surface area (Å²) in [7, 11) is 0. The average Bonchev–Trinajstić information content (AvgIpc) is 3.34. The van der Waals surface area contributed by atoms with Crippen molar-refractivity contribution in [3.63, 3.8) is 0 Å². The fourth-order valence-electron chi connectivity index (χ4n) is 5.61. The molecule has 0 bridgehead atoms. The highest BCUT2D eigenvalue weighted by Gasteiger charge is 2.95. The van der Waals surface area contributed by atoms with Gasteiger partial charge in [-0.05, 0) is 38.3 Å². The van der Waals surface area contributed by atoms with E-state index in [1.165, 1.54) is 0 Å². The quantitative estimate of drug-likeness (QED) is 0.403. The van der Waals surface area contributed by atoms with Gasteiger partial charge in [0.1, 0.15) is 5.60 Å². The molecule has 156 valence electrons. The second-order valence-electron chi connectivity index (χ2n) is 8.55. The van der Waals surface area contributed by atoms with Gasteiger partial charge in [0.25, 0.3) is 0 Å². The van der Waals surface area contributed by atoms with Crippen molar-refractivity contribution in [2.24, 2.45) is 16.7 Å². The highest BCUT2D eigenvalue weighted by atomic mass is 16.6. The van der Waals surface area contributed by atoms with Gasteiger partial charge in [0.05, 0.1) is 12.0 Å². The molecule has 3 atom stereocenters. The lowest BCUT2D eigenvalue weighted by molar-refractivity contribution is -0.166. The number of ketones is 1. The zero-order valence-corrected chi connectivity index (χ0v) is 17.7. The number of cyclic esters (lactones) is 1. The van der Waals surface area contributed by atoms with Crippen molar-refractivity contribution in [2.75, 3.05) is 6.61 Å². The molecule has 1 aliphatic heterocycles. The van der Waals surface area contributed by atoms with Gasteiger partial charge >= 0.3 is 11.9 Å². The Labute approximate surface area is 176 Å². The molecule has 0 aromatic heterocycles. The molecule has 4 rings (SSSR count). The van der Waals surface area contributed by atoms with E-state index in [0.29, 0.717) is 12.0 Å². The van der Waals surface area contributed by atoms with Crippen LogP contribution in [0.2, 0.25) is 0 Å². The highest BCUT2D eigenvalue weighted by molar-refractivity contribution is 6.19. The summed E-state index contributed by atoms with van der Waals surface area (Å²) < 4.78 is 10.8. The van der Waals surface area contributed by atoms with Crippen molar-refractivity contribution in [2.45, 2.75) is 39.7 Å². The SMILES string of the molecule is CCOC(=O)[C@@]12C(=O)OC(C)(C)[C@@H]1[C@]2(CC)C(=O)c1ccc(-c2ccccc2)cc1. The predicted molar refractivity (Wildman–Crippen MR) is 112 cm³/mol. The van der Waals surface area contributed by atoms with Crippen molar-refractivity contribution in [1.29, 1.82) is 0 Å². The molecule has 30 heavy (non-hydrogen) atoms. The summed E-state index contributed by atoms with van der Waals surface area (Å²) in [6, 6.07) is 17.2. The number of esters is 2. The number of fused-ring (bicyclic) bond motifs is 1. The first-order chi connectivity index (χ1) is 14.3. The monoisotopic (exact) mass is 406 g/mol. The Balaban J connectivity index is 1.75. The number of carbonyl (C=O) groups is 3. The van der Waals surface area contributed by atoms with Gasteiger partial charge < -0.3 is 9.47 Å². The summed E-state index contributed by atoms with van der Waals surface area (Å²) >= 11 is 0. The number of benzene rings is 2. The number of carbonyl (C=O) groups excluding carboxylic acids is 3. The molecule has 1 heterocycles. The van der Waals surface area contributed by atoms with E-state index in [1.807, 2.05) is 49.4 Å². The van der Waals surface area contributed by atoms with Crippen molar-refractivity contribution in [3.05, 3.63) is 60.2 Å². The van der Waals surface area contributed by atoms with Gasteiger partial charge in [-0.1, -0.05) is 61.5 Å². The van der Waals surface area contributed by atoms with Crippen LogP contribution in [-0.4, -0.2) is 29.9 Å². The molecule has 1 aliphatic carbocycles. The zero-order chi connectivity index (χ0) is 21.7. The van der Waals surface area contributed by atoms with E-state index in [0.717, 1.165) is 11.1 Å². The molecular weight excluding hydrogens is 380 g/mol. The Hall–Kier alpha value is -2.95. The maximum atomic E-state index is 13.8. The molecule has 2 aliphatic rings. The molecule has 5 heteroatoms. The van der Waals surface area contributed by atoms with Crippen molar-refractivity contribution in [1.82, 2.24) is 0 Å². The standard InChI is InChI=1S/C25H26O5/c1-5-24(20-23(3,4)30-22(28)25(20,24)21(27)29-6-2)19(26)18-14-12-17(13-15-18)16-10-8-7-9-11-16/h7-15,20H,5-6H2,1-4H3/t20-,24+,25-/m1/s1. The van der Waals surface area contributed by atoms with Crippen molar-refractivity contribution in [3.8, 4) is 11.1 Å². The summed E-state index contributed by atoms with van der Waals surface area (Å²) in [6.45, 7) is 7.20. The molecule has 0 N–H and O–H groups in total. The number of hydrogen-bond acceptors (Lipinski definition) is 5. The minimum Gasteiger partial charge on any atom is -0.465 e. The summed E-state index contributed by atoms with van der Waals surface area (Å²) in [5, 5.41) is 0. The first-order valence-corrected chi connectivity index (χ1v) is 10.4. The van der Waals surface area contributed by atoms with Crippen LogP contribution in [0.3, 0.4) is 0 Å². The Bertz CT molecular complexity index is 1010. The van der Waals surface area contributed by atoms with E-state index in [-0.39, 0.29) is 12.4 Å². The molecule has 1 saturated carbocycles. The van der Waals surface area contributed by atoms with Crippen LogP contribution in [0.5, 0.6) is 0 Å². The van der Waals surface area contributed by atoms with E-state index < -0.39 is 34.3 Å². The summed E-state index contributed by atoms with van der Waals surface area (Å²) in [6.07, 6.45) is 0.355. The van der Waals surface area contributed by atoms with Crippen LogP contribution in [0.25, 0.3) is 11.1 Å². The molecule has 2 fully saturated rings. The van der Waals surface area contributed by atoms with Crippen molar-refractivity contribution >= 4 is 17.7 Å². The molecule has 0 unspecified atom stereocenters. The molecular formula is C25H26O5. The van der Waals surface area contributed by atoms with E-state index in [4.69, 9.17) is 9.47 Å². The maximum absolute atomic E-state index is 13.8. The Morgan fingerprint density at radius 2 is 1.57 bits per heavy atom. The number of ether oxygens (including phenoxy) is 2. The zero-order valence-electron chi connectivity index (χ0n) is 17.7. The first kappa shape index (κ1) is 20.3. The van der Waals surface area contributed by atoms with Gasteiger partial charge in [-0.3, -0.25) is 14.4 Å². The lowest BCUT2D eigenvalue weighted by Crippen LogP contribution is -2.40. The molecule has 5 nitrogen and oxygen atoms in total. The summed E-state index contributed by atoms with van der Waals surface area (Å²) in [5.41, 5.74) is -1.09. The van der Waals surface area contributed by atoms with Crippen LogP contribution in [0.4, 0.5) is 0 Å². The van der Waals surface area contributed by atoms with Crippen LogP contribution in [0.15, 0.2) is 54.6 Å². The molecule has 0 radical (unpaired) electrons. The van der Waals surface area contributed by atoms with E-state index >= 15 is 0 Å². The maximum Gasteiger partial charge on any atom is 0.325 e. The van der Waals surface area contributed by atoms with Crippen LogP contribution in [-0.2, 0) is 19.1 Å². The van der Waals surface area contributed by atoms with Crippen LogP contribution in [0.1, 0.15) is 44.5 Å². The number of Topliss-reactive ketones (excluding diaryl/α,β-unsaturated/α-hetero) is 1. The fraction of sp³-hybridized carbons (Fsp3) is 0.400. The van der Waals surface area contributed by atoms with E-state index in [9.17, 15) is 14.4 Å². The van der Waals surface area contributed by atoms with Gasteiger partial charge in [-0.25, -0.2) is 0 Å². The second-order valence-corrected chi connectivity index (χ2v) is 8.55. The second kappa shape index (κ2) is 6.79. The van der Waals surface area contributed by atoms with Gasteiger partial charge in [0.2, 0.25) is 0 Å². The minimum atomic E-state index is -1.56. The Morgan fingerprint density at radius 1 is 0.967 bits per heavy atom. The van der Waals surface area contributed by atoms with Crippen LogP contribution >= 0.6 is 0 Å². The van der Waals surface area contributed by atoms with Gasteiger partial charge in [-0.15, -0.1) is 0 Å². The fourth-order valence-corrected chi connectivity index (χ4v) is 5.61. The van der Waals surface area contributed by atoms with E-state index in [1.54, 1.807) is 32.9 Å². The summed E-state index contributed by atoms with van der Waals surface area (Å²) in [5.74, 6) is -2.04. The van der Waals surface area contributed by atoms with Gasteiger partial charge in [0.15, 0.2) is 11.2 Å². The molecule has 0 spiro atoms. The molecule has 1 saturated heterocycles. The average molecular weight is 406 g/mol. The smallest absolute Gasteiger partial charge is 0.325 e. The minimum absolute atomic E-state index is 0.140. The topological polar surface area (TPSA) is 69.7 Å². The van der Waals surface area contributed by atoms with Crippen LogP contribution < -0.4 is 0 Å². The first-order valence-electron chi connectivity index (χ1n) is 10.4. The largest absolute Gasteiger partial charge is 0.465 e. The third-order valence-corrected chi connectivity index (χ3v) is 6.73. The third kappa shape index (κ3) is 2.44. The summed E-state index contributed by atoms with van der Waals surface area (Å²) in [4.78, 5) is 39.7.